The van der Waals surface area contributed by atoms with Crippen molar-refractivity contribution >= 4 is 5.97 Å². The molecule has 0 amide bonds. The maximum Gasteiger partial charge on any atom is 0.336 e. The van der Waals surface area contributed by atoms with Gasteiger partial charge < -0.3 is 14.9 Å². The molecule has 0 aromatic carbocycles. The Balaban J connectivity index is 2.70. The monoisotopic (exact) mass is 172 g/mol. The molecule has 0 saturated carbocycles. The van der Waals surface area contributed by atoms with Crippen molar-refractivity contribution < 1.29 is 19.7 Å². The van der Waals surface area contributed by atoms with Gasteiger partial charge in [0.1, 0.15) is 0 Å². The van der Waals surface area contributed by atoms with Crippen LogP contribution in [-0.2, 0) is 9.53 Å². The van der Waals surface area contributed by atoms with Gasteiger partial charge in [-0.25, -0.2) is 4.79 Å². The van der Waals surface area contributed by atoms with Gasteiger partial charge >= 0.3 is 5.97 Å². The van der Waals surface area contributed by atoms with Crippen LogP contribution in [0.2, 0.25) is 0 Å². The summed E-state index contributed by atoms with van der Waals surface area (Å²) >= 11 is 0. The highest BCUT2D eigenvalue weighted by Gasteiger charge is 2.25. The van der Waals surface area contributed by atoms with E-state index in [-0.39, 0.29) is 12.0 Å². The van der Waals surface area contributed by atoms with Gasteiger partial charge in [-0.05, 0) is 6.42 Å². The number of carbonyl (C=O) groups excluding carboxylic acids is 1. The second-order valence-corrected chi connectivity index (χ2v) is 2.79. The minimum absolute atomic E-state index is 0.209. The first-order valence-electron chi connectivity index (χ1n) is 3.79. The van der Waals surface area contributed by atoms with Crippen molar-refractivity contribution in [2.45, 2.75) is 25.0 Å². The molecule has 4 nitrogen and oxygen atoms in total. The Morgan fingerprint density at radius 1 is 1.67 bits per heavy atom. The van der Waals surface area contributed by atoms with Crippen LogP contribution in [0.25, 0.3) is 0 Å². The Labute approximate surface area is 70.5 Å². The molecule has 68 valence electrons. The standard InChI is InChI=1S/C8H12O4/c1-12-8(11)6-3-2-5(9)4-7(6)10/h3,5,7,9-10H,2,4H2,1H3/t5-,7+/m1/s1. The van der Waals surface area contributed by atoms with Crippen LogP contribution < -0.4 is 0 Å². The number of aliphatic hydroxyl groups excluding tert-OH is 2. The first-order chi connectivity index (χ1) is 5.65. The minimum Gasteiger partial charge on any atom is -0.466 e. The summed E-state index contributed by atoms with van der Waals surface area (Å²) in [5.74, 6) is -0.519. The summed E-state index contributed by atoms with van der Waals surface area (Å²) in [5.41, 5.74) is 0.253. The zero-order chi connectivity index (χ0) is 9.14. The van der Waals surface area contributed by atoms with E-state index in [0.29, 0.717) is 6.42 Å². The van der Waals surface area contributed by atoms with Gasteiger partial charge in [0.15, 0.2) is 0 Å². The lowest BCUT2D eigenvalue weighted by Crippen LogP contribution is -2.28. The molecule has 0 bridgehead atoms. The number of methoxy groups -OCH3 is 1. The fourth-order valence-electron chi connectivity index (χ4n) is 1.22. The predicted octanol–water partition coefficient (Wildman–Crippen LogP) is -0.399. The summed E-state index contributed by atoms with van der Waals surface area (Å²) in [4.78, 5) is 11.0. The highest BCUT2D eigenvalue weighted by molar-refractivity contribution is 5.89. The van der Waals surface area contributed by atoms with Gasteiger partial charge in [-0.2, -0.15) is 0 Å². The molecule has 0 spiro atoms. The Morgan fingerprint density at radius 3 is 2.83 bits per heavy atom. The van der Waals surface area contributed by atoms with E-state index in [4.69, 9.17) is 5.11 Å². The molecule has 1 aliphatic carbocycles. The Morgan fingerprint density at radius 2 is 2.33 bits per heavy atom. The molecule has 0 aliphatic heterocycles. The van der Waals surface area contributed by atoms with Crippen molar-refractivity contribution in [1.82, 2.24) is 0 Å². The first kappa shape index (κ1) is 9.22. The van der Waals surface area contributed by atoms with E-state index in [2.05, 4.69) is 4.74 Å². The van der Waals surface area contributed by atoms with Crippen molar-refractivity contribution in [2.24, 2.45) is 0 Å². The number of aliphatic hydroxyl groups is 2. The Hall–Kier alpha value is -0.870. The molecular formula is C8H12O4. The van der Waals surface area contributed by atoms with Gasteiger partial charge in [-0.1, -0.05) is 6.08 Å². The molecular weight excluding hydrogens is 160 g/mol. The van der Waals surface area contributed by atoms with Gasteiger partial charge in [0.05, 0.1) is 24.9 Å². The normalized spacial score (nSPS) is 29.4. The average Bonchev–Trinajstić information content (AvgIpc) is 2.03. The highest BCUT2D eigenvalue weighted by atomic mass is 16.5. The molecule has 0 unspecified atom stereocenters. The number of hydrogen-bond acceptors (Lipinski definition) is 4. The van der Waals surface area contributed by atoms with Crippen LogP contribution in [-0.4, -0.2) is 35.5 Å². The Bertz CT molecular complexity index is 209. The molecule has 4 heteroatoms. The van der Waals surface area contributed by atoms with Crippen LogP contribution >= 0.6 is 0 Å². The van der Waals surface area contributed by atoms with E-state index in [1.54, 1.807) is 0 Å². The van der Waals surface area contributed by atoms with Crippen LogP contribution in [0.1, 0.15) is 12.8 Å². The summed E-state index contributed by atoms with van der Waals surface area (Å²) in [6, 6.07) is 0. The third-order valence-electron chi connectivity index (χ3n) is 1.89. The van der Waals surface area contributed by atoms with Gasteiger partial charge in [-0.15, -0.1) is 0 Å². The van der Waals surface area contributed by atoms with Crippen LogP contribution in [0.15, 0.2) is 11.6 Å². The average molecular weight is 172 g/mol. The van der Waals surface area contributed by atoms with Crippen molar-refractivity contribution in [3.8, 4) is 0 Å². The number of carbonyl (C=O) groups is 1. The highest BCUT2D eigenvalue weighted by Crippen LogP contribution is 2.19. The third-order valence-corrected chi connectivity index (χ3v) is 1.89. The van der Waals surface area contributed by atoms with Gasteiger partial charge in [-0.3, -0.25) is 0 Å². The van der Waals surface area contributed by atoms with Crippen LogP contribution in [0.5, 0.6) is 0 Å². The number of esters is 1. The summed E-state index contributed by atoms with van der Waals surface area (Å²) < 4.78 is 4.45. The lowest BCUT2D eigenvalue weighted by Gasteiger charge is -2.21. The lowest BCUT2D eigenvalue weighted by atomic mass is 9.94. The molecule has 0 fully saturated rings. The van der Waals surface area contributed by atoms with Crippen molar-refractivity contribution in [2.75, 3.05) is 7.11 Å². The van der Waals surface area contributed by atoms with Crippen LogP contribution in [0.4, 0.5) is 0 Å². The lowest BCUT2D eigenvalue weighted by molar-refractivity contribution is -0.137. The van der Waals surface area contributed by atoms with E-state index in [0.717, 1.165) is 0 Å². The van der Waals surface area contributed by atoms with E-state index in [1.165, 1.54) is 13.2 Å². The zero-order valence-electron chi connectivity index (χ0n) is 6.86. The fourth-order valence-corrected chi connectivity index (χ4v) is 1.22. The molecule has 1 aliphatic rings. The molecule has 0 radical (unpaired) electrons. The molecule has 12 heavy (non-hydrogen) atoms. The second-order valence-electron chi connectivity index (χ2n) is 2.79. The quantitative estimate of drug-likeness (QED) is 0.528. The fraction of sp³-hybridized carbons (Fsp3) is 0.625. The van der Waals surface area contributed by atoms with E-state index in [9.17, 15) is 9.90 Å². The molecule has 0 aromatic rings. The van der Waals surface area contributed by atoms with E-state index >= 15 is 0 Å². The summed E-state index contributed by atoms with van der Waals surface area (Å²) in [5, 5.41) is 18.4. The largest absolute Gasteiger partial charge is 0.466 e. The summed E-state index contributed by atoms with van der Waals surface area (Å²) in [6.45, 7) is 0. The predicted molar refractivity (Wildman–Crippen MR) is 41.3 cm³/mol. The molecule has 0 aromatic heterocycles. The maximum absolute atomic E-state index is 11.0. The molecule has 0 heterocycles. The first-order valence-corrected chi connectivity index (χ1v) is 3.79. The molecule has 1 rings (SSSR count). The number of rotatable bonds is 1. The summed E-state index contributed by atoms with van der Waals surface area (Å²) in [6.07, 6.45) is 0.696. The van der Waals surface area contributed by atoms with Crippen LogP contribution in [0.3, 0.4) is 0 Å². The zero-order valence-corrected chi connectivity index (χ0v) is 6.86. The SMILES string of the molecule is COC(=O)C1=CC[C@@H](O)C[C@@H]1O. The van der Waals surface area contributed by atoms with Crippen LogP contribution in [0, 0.1) is 0 Å². The maximum atomic E-state index is 11.0. The van der Waals surface area contributed by atoms with Gasteiger partial charge in [0.2, 0.25) is 0 Å². The van der Waals surface area contributed by atoms with Gasteiger partial charge in [0.25, 0.3) is 0 Å². The van der Waals surface area contributed by atoms with Crippen molar-refractivity contribution in [3.05, 3.63) is 11.6 Å². The van der Waals surface area contributed by atoms with E-state index < -0.39 is 18.2 Å². The number of hydrogen-bond donors (Lipinski definition) is 2. The molecule has 0 saturated heterocycles. The summed E-state index contributed by atoms with van der Waals surface area (Å²) in [7, 11) is 1.26. The van der Waals surface area contributed by atoms with Crippen molar-refractivity contribution in [1.29, 1.82) is 0 Å². The van der Waals surface area contributed by atoms with Crippen molar-refractivity contribution in [3.63, 3.8) is 0 Å². The van der Waals surface area contributed by atoms with Gasteiger partial charge in [0, 0.05) is 6.42 Å². The molecule has 2 atom stereocenters. The molecule has 2 N–H and O–H groups in total. The second kappa shape index (κ2) is 3.69. The third kappa shape index (κ3) is 1.84. The van der Waals surface area contributed by atoms with E-state index in [1.807, 2.05) is 0 Å². The smallest absolute Gasteiger partial charge is 0.336 e. The number of ether oxygens (including phenoxy) is 1. The Kier molecular flexibility index (Phi) is 2.83. The topological polar surface area (TPSA) is 66.8 Å². The minimum atomic E-state index is -0.888.